The number of hydrogen-bond donors (Lipinski definition) is 0. The van der Waals surface area contributed by atoms with E-state index in [1.807, 2.05) is 6.08 Å². The highest BCUT2D eigenvalue weighted by Gasteiger charge is 2.08. The van der Waals surface area contributed by atoms with Gasteiger partial charge in [0.05, 0.1) is 19.1 Å². The van der Waals surface area contributed by atoms with Crippen molar-refractivity contribution in [3.8, 4) is 0 Å². The Hall–Kier alpha value is -1.87. The Bertz CT molecular complexity index is 598. The highest BCUT2D eigenvalue weighted by molar-refractivity contribution is 7.10. The second-order valence-corrected chi connectivity index (χ2v) is 5.70. The quantitative estimate of drug-likeness (QED) is 0.738. The minimum absolute atomic E-state index is 0.244. The highest BCUT2D eigenvalue weighted by Crippen LogP contribution is 2.22. The molecule has 0 bridgehead atoms. The summed E-state index contributed by atoms with van der Waals surface area (Å²) in [7, 11) is 1.67. The summed E-state index contributed by atoms with van der Waals surface area (Å²) >= 11 is 1.67. The molecule has 104 valence electrons. The summed E-state index contributed by atoms with van der Waals surface area (Å²) in [6, 6.07) is 0. The molecule has 0 aliphatic heterocycles. The number of ether oxygens (including phenoxy) is 1. The zero-order chi connectivity index (χ0) is 14.4. The molecular weight excluding hydrogens is 266 g/mol. The van der Waals surface area contributed by atoms with Gasteiger partial charge in [-0.1, -0.05) is 36.0 Å². The average molecular weight is 285 g/mol. The van der Waals surface area contributed by atoms with E-state index in [0.29, 0.717) is 0 Å². The first-order valence-corrected chi connectivity index (χ1v) is 7.43. The van der Waals surface area contributed by atoms with Gasteiger partial charge in [0.1, 0.15) is 5.01 Å². The first-order valence-electron chi connectivity index (χ1n) is 6.55. The number of aromatic nitrogens is 1. The van der Waals surface area contributed by atoms with Gasteiger partial charge >= 0.3 is 0 Å². The predicted molar refractivity (Wildman–Crippen MR) is 87.3 cm³/mol. The summed E-state index contributed by atoms with van der Waals surface area (Å²) in [5.74, 6) is 0.244. The fourth-order valence-electron chi connectivity index (χ4n) is 1.89. The maximum absolute atomic E-state index is 5.11. The standard InChI is InChI=1S/C17H19NOS/c1-13(2)10-17-18-16(12-20-17)9-8-14-6-4-5-7-15(14)11-19-3/h4-12,14H,1-3H3/b9-8-,15-11+. The van der Waals surface area contributed by atoms with Gasteiger partial charge in [-0.2, -0.15) is 0 Å². The third-order valence-corrected chi connectivity index (χ3v) is 3.59. The lowest BCUT2D eigenvalue weighted by Crippen LogP contribution is -1.98. The SMILES string of the molecule is CO/C=C1\C=CC=CC1/C=C\c1csc(C=C(C)C)n1. The zero-order valence-corrected chi connectivity index (χ0v) is 12.9. The monoisotopic (exact) mass is 285 g/mol. The Balaban J connectivity index is 2.11. The normalized spacial score (nSPS) is 19.8. The lowest BCUT2D eigenvalue weighted by atomic mass is 9.95. The van der Waals surface area contributed by atoms with Crippen LogP contribution in [0.2, 0.25) is 0 Å². The average Bonchev–Trinajstić information content (AvgIpc) is 2.85. The molecule has 2 nitrogen and oxygen atoms in total. The molecule has 1 unspecified atom stereocenters. The molecule has 1 aromatic rings. The molecule has 0 saturated heterocycles. The van der Waals surface area contributed by atoms with Crippen molar-refractivity contribution in [2.45, 2.75) is 13.8 Å². The third-order valence-electron chi connectivity index (χ3n) is 2.78. The van der Waals surface area contributed by atoms with Crippen LogP contribution in [0.5, 0.6) is 0 Å². The van der Waals surface area contributed by atoms with Crippen LogP contribution in [0.1, 0.15) is 24.5 Å². The Morgan fingerprint density at radius 1 is 1.35 bits per heavy atom. The maximum Gasteiger partial charge on any atom is 0.116 e. The second kappa shape index (κ2) is 7.06. The number of rotatable bonds is 4. The van der Waals surface area contributed by atoms with E-state index in [4.69, 9.17) is 4.74 Å². The smallest absolute Gasteiger partial charge is 0.116 e. The molecule has 0 radical (unpaired) electrons. The predicted octanol–water partition coefficient (Wildman–Crippen LogP) is 4.85. The van der Waals surface area contributed by atoms with Crippen molar-refractivity contribution in [2.24, 2.45) is 5.92 Å². The van der Waals surface area contributed by atoms with E-state index in [9.17, 15) is 0 Å². The lowest BCUT2D eigenvalue weighted by molar-refractivity contribution is 0.333. The van der Waals surface area contributed by atoms with Crippen molar-refractivity contribution in [1.82, 2.24) is 4.98 Å². The summed E-state index contributed by atoms with van der Waals surface area (Å²) in [4.78, 5) is 4.57. The molecule has 3 heteroatoms. The van der Waals surface area contributed by atoms with Crippen LogP contribution in [-0.4, -0.2) is 12.1 Å². The Labute approximate surface area is 124 Å². The molecule has 1 heterocycles. The molecule has 1 aromatic heterocycles. The van der Waals surface area contributed by atoms with Gasteiger partial charge in [0.15, 0.2) is 0 Å². The molecule has 0 saturated carbocycles. The molecular formula is C17H19NOS. The molecule has 2 rings (SSSR count). The first kappa shape index (κ1) is 14.5. The number of allylic oxidation sites excluding steroid dienone is 7. The molecule has 0 spiro atoms. The third kappa shape index (κ3) is 4.07. The van der Waals surface area contributed by atoms with Crippen molar-refractivity contribution < 1.29 is 4.74 Å². The van der Waals surface area contributed by atoms with Gasteiger partial charge in [0, 0.05) is 11.3 Å². The molecule has 0 aromatic carbocycles. The zero-order valence-electron chi connectivity index (χ0n) is 12.0. The summed E-state index contributed by atoms with van der Waals surface area (Å²) in [6.07, 6.45) is 16.4. The van der Waals surface area contributed by atoms with Crippen molar-refractivity contribution in [1.29, 1.82) is 0 Å². The van der Waals surface area contributed by atoms with Crippen LogP contribution in [0.4, 0.5) is 0 Å². The topological polar surface area (TPSA) is 22.1 Å². The van der Waals surface area contributed by atoms with Gasteiger partial charge in [-0.05, 0) is 31.6 Å². The van der Waals surface area contributed by atoms with E-state index in [1.165, 1.54) is 5.57 Å². The molecule has 1 aliphatic carbocycles. The number of thiazole rings is 1. The van der Waals surface area contributed by atoms with E-state index < -0.39 is 0 Å². The van der Waals surface area contributed by atoms with Gasteiger partial charge in [-0.3, -0.25) is 0 Å². The van der Waals surface area contributed by atoms with Crippen LogP contribution in [-0.2, 0) is 4.74 Å². The van der Waals surface area contributed by atoms with Crippen molar-refractivity contribution in [2.75, 3.05) is 7.11 Å². The van der Waals surface area contributed by atoms with E-state index in [1.54, 1.807) is 24.7 Å². The summed E-state index contributed by atoms with van der Waals surface area (Å²) in [5.41, 5.74) is 3.41. The fourth-order valence-corrected chi connectivity index (χ4v) is 2.73. The summed E-state index contributed by atoms with van der Waals surface area (Å²) in [6.45, 7) is 4.16. The van der Waals surface area contributed by atoms with Crippen LogP contribution >= 0.6 is 11.3 Å². The molecule has 0 N–H and O–H groups in total. The number of methoxy groups -OCH3 is 1. The second-order valence-electron chi connectivity index (χ2n) is 4.81. The lowest BCUT2D eigenvalue weighted by Gasteiger charge is -2.11. The Morgan fingerprint density at radius 2 is 2.20 bits per heavy atom. The van der Waals surface area contributed by atoms with Gasteiger partial charge in [0.2, 0.25) is 0 Å². The van der Waals surface area contributed by atoms with Gasteiger partial charge in [-0.25, -0.2) is 4.98 Å². The molecule has 1 atom stereocenters. The Kier molecular flexibility index (Phi) is 5.13. The van der Waals surface area contributed by atoms with Crippen LogP contribution < -0.4 is 0 Å². The number of nitrogens with zero attached hydrogens (tertiary/aromatic N) is 1. The van der Waals surface area contributed by atoms with Crippen LogP contribution in [0.25, 0.3) is 12.2 Å². The molecule has 0 amide bonds. The van der Waals surface area contributed by atoms with Crippen LogP contribution in [0.15, 0.2) is 53.2 Å². The minimum atomic E-state index is 0.244. The van der Waals surface area contributed by atoms with E-state index >= 15 is 0 Å². The van der Waals surface area contributed by atoms with Crippen molar-refractivity contribution >= 4 is 23.5 Å². The van der Waals surface area contributed by atoms with Crippen molar-refractivity contribution in [3.63, 3.8) is 0 Å². The van der Waals surface area contributed by atoms with Crippen LogP contribution in [0.3, 0.4) is 0 Å². The first-order chi connectivity index (χ1) is 9.69. The minimum Gasteiger partial charge on any atom is -0.504 e. The molecule has 1 aliphatic rings. The largest absolute Gasteiger partial charge is 0.504 e. The van der Waals surface area contributed by atoms with Gasteiger partial charge in [0.25, 0.3) is 0 Å². The molecule has 20 heavy (non-hydrogen) atoms. The van der Waals surface area contributed by atoms with Gasteiger partial charge in [-0.15, -0.1) is 11.3 Å². The van der Waals surface area contributed by atoms with Crippen molar-refractivity contribution in [3.05, 3.63) is 63.9 Å². The Morgan fingerprint density at radius 3 is 2.95 bits per heavy atom. The van der Waals surface area contributed by atoms with E-state index in [-0.39, 0.29) is 5.92 Å². The highest BCUT2D eigenvalue weighted by atomic mass is 32.1. The fraction of sp³-hybridized carbons (Fsp3) is 0.235. The summed E-state index contributed by atoms with van der Waals surface area (Å²) < 4.78 is 5.11. The summed E-state index contributed by atoms with van der Waals surface area (Å²) in [5, 5.41) is 3.13. The maximum atomic E-state index is 5.11. The van der Waals surface area contributed by atoms with E-state index in [2.05, 4.69) is 60.7 Å². The van der Waals surface area contributed by atoms with Gasteiger partial charge < -0.3 is 4.74 Å². The number of hydrogen-bond acceptors (Lipinski definition) is 3. The van der Waals surface area contributed by atoms with E-state index in [0.717, 1.165) is 16.3 Å². The van der Waals surface area contributed by atoms with Crippen LogP contribution in [0, 0.1) is 5.92 Å². The molecule has 0 fully saturated rings.